The predicted molar refractivity (Wildman–Crippen MR) is 64.0 cm³/mol. The molecule has 6 nitrogen and oxygen atoms in total. The van der Waals surface area contributed by atoms with E-state index in [0.717, 1.165) is 0 Å². The average molecular weight is 239 g/mol. The Morgan fingerprint density at radius 2 is 2.29 bits per heavy atom. The standard InChI is InChI=1S/C11H17N3O3/c1-4-17-9(15)7-14(8(2)3)10-11(16)13-6-5-12-10/h5-6,8H,4,7H2,1-3H3,(H,13,16). The fraction of sp³-hybridized carbons (Fsp3) is 0.545. The maximum Gasteiger partial charge on any atom is 0.325 e. The van der Waals surface area contributed by atoms with Crippen LogP contribution in [0.5, 0.6) is 0 Å². The molecule has 0 amide bonds. The number of anilines is 1. The Bertz CT molecular complexity index is 428. The molecule has 0 atom stereocenters. The maximum atomic E-state index is 11.6. The Morgan fingerprint density at radius 3 is 2.82 bits per heavy atom. The number of ether oxygens (including phenoxy) is 1. The van der Waals surface area contributed by atoms with Crippen molar-refractivity contribution in [2.45, 2.75) is 26.8 Å². The number of nitrogens with zero attached hydrogens (tertiary/aromatic N) is 2. The highest BCUT2D eigenvalue weighted by atomic mass is 16.5. The number of aromatic nitrogens is 2. The van der Waals surface area contributed by atoms with Gasteiger partial charge in [-0.15, -0.1) is 0 Å². The van der Waals surface area contributed by atoms with E-state index in [4.69, 9.17) is 4.74 Å². The quantitative estimate of drug-likeness (QED) is 0.759. The van der Waals surface area contributed by atoms with E-state index < -0.39 is 0 Å². The number of aromatic amines is 1. The second-order valence-electron chi connectivity index (χ2n) is 3.77. The van der Waals surface area contributed by atoms with Crippen molar-refractivity contribution < 1.29 is 9.53 Å². The molecule has 0 saturated carbocycles. The van der Waals surface area contributed by atoms with Crippen LogP contribution in [0.15, 0.2) is 17.2 Å². The van der Waals surface area contributed by atoms with E-state index >= 15 is 0 Å². The van der Waals surface area contributed by atoms with Crippen LogP contribution in [-0.2, 0) is 9.53 Å². The molecule has 6 heteroatoms. The van der Waals surface area contributed by atoms with Gasteiger partial charge in [-0.3, -0.25) is 9.59 Å². The molecule has 0 spiro atoms. The topological polar surface area (TPSA) is 75.3 Å². The fourth-order valence-electron chi connectivity index (χ4n) is 1.40. The van der Waals surface area contributed by atoms with Gasteiger partial charge >= 0.3 is 5.97 Å². The summed E-state index contributed by atoms with van der Waals surface area (Å²) in [6, 6.07) is -0.0181. The van der Waals surface area contributed by atoms with E-state index in [9.17, 15) is 9.59 Å². The highest BCUT2D eigenvalue weighted by molar-refractivity contribution is 5.75. The van der Waals surface area contributed by atoms with Gasteiger partial charge in [0.25, 0.3) is 5.56 Å². The lowest BCUT2D eigenvalue weighted by Gasteiger charge is -2.25. The summed E-state index contributed by atoms with van der Waals surface area (Å²) in [5.41, 5.74) is -0.314. The summed E-state index contributed by atoms with van der Waals surface area (Å²) < 4.78 is 4.86. The lowest BCUT2D eigenvalue weighted by molar-refractivity contribution is -0.141. The van der Waals surface area contributed by atoms with Crippen molar-refractivity contribution in [2.75, 3.05) is 18.1 Å². The number of carbonyl (C=O) groups is 1. The first-order valence-corrected chi connectivity index (χ1v) is 5.52. The lowest BCUT2D eigenvalue weighted by atomic mass is 10.3. The minimum atomic E-state index is -0.369. The first kappa shape index (κ1) is 13.2. The predicted octanol–water partition coefficient (Wildman–Crippen LogP) is 0.548. The third kappa shape index (κ3) is 3.58. The zero-order valence-electron chi connectivity index (χ0n) is 10.3. The van der Waals surface area contributed by atoms with E-state index in [1.54, 1.807) is 11.8 Å². The number of nitrogens with one attached hydrogen (secondary N) is 1. The summed E-state index contributed by atoms with van der Waals surface area (Å²) in [6.07, 6.45) is 2.94. The van der Waals surface area contributed by atoms with Crippen LogP contribution >= 0.6 is 0 Å². The molecule has 0 radical (unpaired) electrons. The van der Waals surface area contributed by atoms with Gasteiger partial charge in [0.15, 0.2) is 5.82 Å². The van der Waals surface area contributed by atoms with Crippen LogP contribution in [0.2, 0.25) is 0 Å². The van der Waals surface area contributed by atoms with Crippen molar-refractivity contribution in [3.63, 3.8) is 0 Å². The maximum absolute atomic E-state index is 11.6. The van der Waals surface area contributed by atoms with Gasteiger partial charge in [0, 0.05) is 18.4 Å². The van der Waals surface area contributed by atoms with Gasteiger partial charge in [-0.2, -0.15) is 0 Å². The number of esters is 1. The molecule has 0 bridgehead atoms. The molecular formula is C11H17N3O3. The molecule has 0 aliphatic heterocycles. The minimum Gasteiger partial charge on any atom is -0.465 e. The Morgan fingerprint density at radius 1 is 1.59 bits per heavy atom. The molecule has 1 heterocycles. The number of hydrogen-bond donors (Lipinski definition) is 1. The molecule has 94 valence electrons. The second kappa shape index (κ2) is 6.03. The highest BCUT2D eigenvalue weighted by Crippen LogP contribution is 2.07. The summed E-state index contributed by atoms with van der Waals surface area (Å²) >= 11 is 0. The number of H-pyrrole nitrogens is 1. The molecule has 17 heavy (non-hydrogen) atoms. The molecular weight excluding hydrogens is 222 g/mol. The van der Waals surface area contributed by atoms with Crippen LogP contribution in [0, 0.1) is 0 Å². The molecule has 0 aliphatic rings. The van der Waals surface area contributed by atoms with E-state index in [0.29, 0.717) is 6.61 Å². The van der Waals surface area contributed by atoms with Crippen molar-refractivity contribution in [1.29, 1.82) is 0 Å². The monoisotopic (exact) mass is 239 g/mol. The Balaban J connectivity index is 2.91. The van der Waals surface area contributed by atoms with Crippen LogP contribution in [0.25, 0.3) is 0 Å². The van der Waals surface area contributed by atoms with Gasteiger partial charge in [0.1, 0.15) is 6.54 Å². The van der Waals surface area contributed by atoms with E-state index in [1.807, 2.05) is 13.8 Å². The summed E-state index contributed by atoms with van der Waals surface area (Å²) in [4.78, 5) is 31.2. The molecule has 1 aromatic heterocycles. The number of rotatable bonds is 5. The van der Waals surface area contributed by atoms with Gasteiger partial charge in [-0.05, 0) is 20.8 Å². The van der Waals surface area contributed by atoms with Gasteiger partial charge < -0.3 is 14.6 Å². The van der Waals surface area contributed by atoms with Crippen LogP contribution in [0.4, 0.5) is 5.82 Å². The van der Waals surface area contributed by atoms with Gasteiger partial charge in [-0.1, -0.05) is 0 Å². The summed E-state index contributed by atoms with van der Waals surface area (Å²) in [7, 11) is 0. The van der Waals surface area contributed by atoms with E-state index in [-0.39, 0.29) is 29.9 Å². The third-order valence-corrected chi connectivity index (χ3v) is 2.19. The fourth-order valence-corrected chi connectivity index (χ4v) is 1.40. The second-order valence-corrected chi connectivity index (χ2v) is 3.77. The largest absolute Gasteiger partial charge is 0.465 e. The first-order valence-electron chi connectivity index (χ1n) is 5.52. The average Bonchev–Trinajstić information content (AvgIpc) is 2.27. The third-order valence-electron chi connectivity index (χ3n) is 2.19. The first-order chi connectivity index (χ1) is 8.06. The summed E-state index contributed by atoms with van der Waals surface area (Å²) in [5, 5.41) is 0. The van der Waals surface area contributed by atoms with Crippen LogP contribution in [0.1, 0.15) is 20.8 Å². The number of hydrogen-bond acceptors (Lipinski definition) is 5. The normalized spacial score (nSPS) is 10.4. The Labute approximate surface area is 99.6 Å². The molecule has 1 N–H and O–H groups in total. The summed E-state index contributed by atoms with van der Waals surface area (Å²) in [6.45, 7) is 5.85. The van der Waals surface area contributed by atoms with Crippen molar-refractivity contribution >= 4 is 11.8 Å². The Hall–Kier alpha value is -1.85. The van der Waals surface area contributed by atoms with Crippen molar-refractivity contribution in [1.82, 2.24) is 9.97 Å². The molecule has 0 fully saturated rings. The zero-order valence-corrected chi connectivity index (χ0v) is 10.3. The number of carbonyl (C=O) groups excluding carboxylic acids is 1. The molecule has 0 saturated heterocycles. The van der Waals surface area contributed by atoms with Crippen molar-refractivity contribution in [3.05, 3.63) is 22.7 Å². The molecule has 1 rings (SSSR count). The van der Waals surface area contributed by atoms with Crippen LogP contribution < -0.4 is 10.5 Å². The van der Waals surface area contributed by atoms with Crippen LogP contribution in [-0.4, -0.2) is 35.1 Å². The summed E-state index contributed by atoms with van der Waals surface area (Å²) in [5.74, 6) is -0.137. The molecule has 0 aliphatic carbocycles. The molecule has 0 aromatic carbocycles. The minimum absolute atomic E-state index is 0.0181. The zero-order chi connectivity index (χ0) is 12.8. The lowest BCUT2D eigenvalue weighted by Crippen LogP contribution is -2.40. The van der Waals surface area contributed by atoms with Crippen LogP contribution in [0.3, 0.4) is 0 Å². The van der Waals surface area contributed by atoms with Gasteiger partial charge in [-0.25, -0.2) is 4.98 Å². The Kier molecular flexibility index (Phi) is 4.68. The van der Waals surface area contributed by atoms with Gasteiger partial charge in [0.05, 0.1) is 6.61 Å². The van der Waals surface area contributed by atoms with E-state index in [2.05, 4.69) is 9.97 Å². The van der Waals surface area contributed by atoms with Gasteiger partial charge in [0.2, 0.25) is 0 Å². The highest BCUT2D eigenvalue weighted by Gasteiger charge is 2.19. The van der Waals surface area contributed by atoms with Crippen molar-refractivity contribution in [3.8, 4) is 0 Å². The molecule has 1 aromatic rings. The molecule has 0 unspecified atom stereocenters. The van der Waals surface area contributed by atoms with E-state index in [1.165, 1.54) is 12.4 Å². The smallest absolute Gasteiger partial charge is 0.325 e. The SMILES string of the molecule is CCOC(=O)CN(c1ncc[nH]c1=O)C(C)C. The van der Waals surface area contributed by atoms with Crippen molar-refractivity contribution in [2.24, 2.45) is 0 Å².